The zero-order chi connectivity index (χ0) is 22.0. The Morgan fingerprint density at radius 2 is 1.87 bits per heavy atom. The first kappa shape index (κ1) is 20.6. The predicted molar refractivity (Wildman–Crippen MR) is 114 cm³/mol. The first-order valence-electron chi connectivity index (χ1n) is 9.42. The second-order valence-electron chi connectivity index (χ2n) is 6.92. The number of ketones is 1. The number of carbonyl (C=O) groups is 2. The van der Waals surface area contributed by atoms with Crippen molar-refractivity contribution in [2.45, 2.75) is 12.6 Å². The van der Waals surface area contributed by atoms with E-state index in [-0.39, 0.29) is 23.4 Å². The summed E-state index contributed by atoms with van der Waals surface area (Å²) in [5.74, 6) is -1.55. The Kier molecular flexibility index (Phi) is 5.68. The van der Waals surface area contributed by atoms with E-state index < -0.39 is 17.7 Å². The zero-order valence-electron chi connectivity index (χ0n) is 16.5. The summed E-state index contributed by atoms with van der Waals surface area (Å²) >= 11 is 6.11. The van der Waals surface area contributed by atoms with Crippen molar-refractivity contribution in [1.82, 2.24) is 14.9 Å². The summed E-state index contributed by atoms with van der Waals surface area (Å²) in [7, 11) is 1.44. The van der Waals surface area contributed by atoms with E-state index >= 15 is 0 Å². The lowest BCUT2D eigenvalue weighted by molar-refractivity contribution is -0.140. The molecule has 1 aliphatic rings. The highest BCUT2D eigenvalue weighted by Crippen LogP contribution is 2.41. The summed E-state index contributed by atoms with van der Waals surface area (Å²) in [6, 6.07) is 10.9. The number of pyridine rings is 2. The first-order valence-corrected chi connectivity index (χ1v) is 9.80. The lowest BCUT2D eigenvalue weighted by atomic mass is 9.96. The average molecular weight is 436 g/mol. The van der Waals surface area contributed by atoms with Gasteiger partial charge in [-0.2, -0.15) is 0 Å². The number of methoxy groups -OCH3 is 1. The number of rotatable bonds is 5. The molecule has 0 radical (unpaired) electrons. The summed E-state index contributed by atoms with van der Waals surface area (Å²) < 4.78 is 5.32. The summed E-state index contributed by atoms with van der Waals surface area (Å²) in [4.78, 5) is 35.7. The van der Waals surface area contributed by atoms with Crippen LogP contribution in [0.25, 0.3) is 5.76 Å². The molecule has 0 saturated carbocycles. The van der Waals surface area contributed by atoms with E-state index in [2.05, 4.69) is 9.97 Å². The van der Waals surface area contributed by atoms with Crippen molar-refractivity contribution >= 4 is 29.1 Å². The van der Waals surface area contributed by atoms with Crippen LogP contribution in [0, 0.1) is 0 Å². The quantitative estimate of drug-likeness (QED) is 0.372. The lowest BCUT2D eigenvalue weighted by Crippen LogP contribution is -2.29. The van der Waals surface area contributed by atoms with E-state index in [0.717, 1.165) is 5.56 Å². The monoisotopic (exact) mass is 435 g/mol. The second kappa shape index (κ2) is 8.57. The molecule has 0 bridgehead atoms. The van der Waals surface area contributed by atoms with Crippen LogP contribution in [0.2, 0.25) is 5.02 Å². The molecule has 1 aromatic carbocycles. The second-order valence-corrected chi connectivity index (χ2v) is 7.36. The molecule has 4 rings (SSSR count). The highest BCUT2D eigenvalue weighted by molar-refractivity contribution is 6.46. The third kappa shape index (κ3) is 3.87. The van der Waals surface area contributed by atoms with Crippen LogP contribution in [-0.4, -0.2) is 38.8 Å². The van der Waals surface area contributed by atoms with Crippen LogP contribution in [0.5, 0.6) is 5.75 Å². The standard InChI is InChI=1S/C23H18ClN3O4/c1-31-18-7-6-16(24)10-17(18)21(28)19-20(15-5-3-9-26-12-15)27(23(30)22(19)29)13-14-4-2-8-25-11-14/h2-12,20,28H,13H2,1H3/t20-/m1/s1. The number of halogens is 1. The van der Waals surface area contributed by atoms with Crippen molar-refractivity contribution in [2.24, 2.45) is 0 Å². The fourth-order valence-corrected chi connectivity index (χ4v) is 3.80. The first-order chi connectivity index (χ1) is 15.0. The number of likely N-dealkylation sites (tertiary alicyclic amines) is 1. The predicted octanol–water partition coefficient (Wildman–Crippen LogP) is 3.76. The van der Waals surface area contributed by atoms with Crippen LogP contribution in [0.3, 0.4) is 0 Å². The van der Waals surface area contributed by atoms with Gasteiger partial charge in [-0.25, -0.2) is 0 Å². The molecule has 1 fully saturated rings. The summed E-state index contributed by atoms with van der Waals surface area (Å²) in [5, 5.41) is 11.5. The maximum absolute atomic E-state index is 13.1. The van der Waals surface area contributed by atoms with Gasteiger partial charge < -0.3 is 14.7 Å². The molecule has 0 aliphatic carbocycles. The van der Waals surface area contributed by atoms with Gasteiger partial charge in [-0.15, -0.1) is 0 Å². The van der Waals surface area contributed by atoms with Gasteiger partial charge in [0.05, 0.1) is 24.3 Å². The van der Waals surface area contributed by atoms with Crippen LogP contribution in [0.15, 0.2) is 72.8 Å². The molecule has 3 heterocycles. The summed E-state index contributed by atoms with van der Waals surface area (Å²) in [6.07, 6.45) is 6.41. The van der Waals surface area contributed by atoms with Crippen molar-refractivity contribution < 1.29 is 19.4 Å². The van der Waals surface area contributed by atoms with Gasteiger partial charge in [-0.05, 0) is 41.5 Å². The van der Waals surface area contributed by atoms with E-state index in [1.54, 1.807) is 55.1 Å². The molecule has 1 saturated heterocycles. The molecule has 7 nitrogen and oxygen atoms in total. The molecule has 0 spiro atoms. The molecule has 8 heteroatoms. The minimum Gasteiger partial charge on any atom is -0.507 e. The number of benzene rings is 1. The lowest BCUT2D eigenvalue weighted by Gasteiger charge is -2.25. The van der Waals surface area contributed by atoms with Crippen LogP contribution in [0.4, 0.5) is 0 Å². The summed E-state index contributed by atoms with van der Waals surface area (Å²) in [5.41, 5.74) is 1.51. The Balaban J connectivity index is 1.90. The van der Waals surface area contributed by atoms with Crippen LogP contribution in [-0.2, 0) is 16.1 Å². The number of amides is 1. The number of hydrogen-bond acceptors (Lipinski definition) is 6. The van der Waals surface area contributed by atoms with Crippen molar-refractivity contribution in [1.29, 1.82) is 0 Å². The van der Waals surface area contributed by atoms with E-state index in [9.17, 15) is 14.7 Å². The maximum atomic E-state index is 13.1. The average Bonchev–Trinajstić information content (AvgIpc) is 3.04. The highest BCUT2D eigenvalue weighted by atomic mass is 35.5. The number of aliphatic hydroxyl groups excluding tert-OH is 1. The highest BCUT2D eigenvalue weighted by Gasteiger charge is 2.46. The van der Waals surface area contributed by atoms with E-state index in [1.165, 1.54) is 18.1 Å². The van der Waals surface area contributed by atoms with Crippen molar-refractivity contribution in [3.63, 3.8) is 0 Å². The fraction of sp³-hybridized carbons (Fsp3) is 0.130. The molecule has 3 aromatic rings. The van der Waals surface area contributed by atoms with E-state index in [1.807, 2.05) is 6.07 Å². The number of nitrogens with zero attached hydrogens (tertiary/aromatic N) is 3. The Morgan fingerprint density at radius 3 is 2.52 bits per heavy atom. The minimum absolute atomic E-state index is 0.0533. The molecule has 1 aliphatic heterocycles. The third-order valence-electron chi connectivity index (χ3n) is 5.03. The van der Waals surface area contributed by atoms with Crippen molar-refractivity contribution in [2.75, 3.05) is 7.11 Å². The third-order valence-corrected chi connectivity index (χ3v) is 5.27. The molecule has 156 valence electrons. The summed E-state index contributed by atoms with van der Waals surface area (Å²) in [6.45, 7) is 0.140. The Hall–Kier alpha value is -3.71. The maximum Gasteiger partial charge on any atom is 0.295 e. The normalized spacial score (nSPS) is 17.7. The Labute approximate surface area is 183 Å². The number of ether oxygens (including phenoxy) is 1. The SMILES string of the molecule is COc1ccc(Cl)cc1C(O)=C1C(=O)C(=O)N(Cc2cccnc2)[C@@H]1c1cccnc1. The fourth-order valence-electron chi connectivity index (χ4n) is 3.63. The number of hydrogen-bond donors (Lipinski definition) is 1. The Morgan fingerprint density at radius 1 is 1.13 bits per heavy atom. The molecule has 1 amide bonds. The van der Waals surface area contributed by atoms with Gasteiger partial charge in [0.2, 0.25) is 0 Å². The van der Waals surface area contributed by atoms with Crippen molar-refractivity contribution in [3.8, 4) is 5.75 Å². The molecule has 2 aromatic heterocycles. The van der Waals surface area contributed by atoms with Gasteiger partial charge >= 0.3 is 0 Å². The number of Topliss-reactive ketones (excluding diaryl/α,β-unsaturated/α-hetero) is 1. The van der Waals surface area contributed by atoms with Crippen molar-refractivity contribution in [3.05, 3.63) is 94.5 Å². The molecular formula is C23H18ClN3O4. The number of aromatic nitrogens is 2. The van der Waals surface area contributed by atoms with E-state index in [0.29, 0.717) is 16.3 Å². The Bertz CT molecular complexity index is 1170. The number of carbonyl (C=O) groups excluding carboxylic acids is 2. The van der Waals surface area contributed by atoms with Crippen LogP contribution < -0.4 is 4.74 Å². The van der Waals surface area contributed by atoms with Gasteiger partial charge in [0, 0.05) is 36.4 Å². The van der Waals surface area contributed by atoms with Gasteiger partial charge in [0.15, 0.2) is 0 Å². The minimum atomic E-state index is -0.836. The molecule has 0 unspecified atom stereocenters. The van der Waals surface area contributed by atoms with E-state index in [4.69, 9.17) is 16.3 Å². The molecule has 1 atom stereocenters. The number of aliphatic hydroxyl groups is 1. The van der Waals surface area contributed by atoms with Gasteiger partial charge in [-0.3, -0.25) is 19.6 Å². The molecule has 1 N–H and O–H groups in total. The van der Waals surface area contributed by atoms with Gasteiger partial charge in [0.1, 0.15) is 11.5 Å². The van der Waals surface area contributed by atoms with Crippen LogP contribution in [0.1, 0.15) is 22.7 Å². The molecular weight excluding hydrogens is 418 g/mol. The smallest absolute Gasteiger partial charge is 0.295 e. The zero-order valence-corrected chi connectivity index (χ0v) is 17.3. The van der Waals surface area contributed by atoms with Crippen LogP contribution >= 0.6 is 11.6 Å². The topological polar surface area (TPSA) is 92.6 Å². The largest absolute Gasteiger partial charge is 0.507 e. The van der Waals surface area contributed by atoms with Gasteiger partial charge in [0.25, 0.3) is 11.7 Å². The molecule has 31 heavy (non-hydrogen) atoms. The van der Waals surface area contributed by atoms with Gasteiger partial charge in [-0.1, -0.05) is 23.7 Å².